The molecule has 0 radical (unpaired) electrons. The van der Waals surface area contributed by atoms with Crippen LogP contribution >= 0.6 is 0 Å². The van der Waals surface area contributed by atoms with Crippen LogP contribution in [0.3, 0.4) is 0 Å². The topological polar surface area (TPSA) is 53.2 Å². The molecule has 17 heavy (non-hydrogen) atoms. The van der Waals surface area contributed by atoms with Crippen molar-refractivity contribution in [3.63, 3.8) is 0 Å². The Bertz CT molecular complexity index is 615. The lowest BCUT2D eigenvalue weighted by Crippen LogP contribution is -2.25. The van der Waals surface area contributed by atoms with Gasteiger partial charge in [0, 0.05) is 25.2 Å². The van der Waals surface area contributed by atoms with Gasteiger partial charge in [0.2, 0.25) is 11.8 Å². The minimum Gasteiger partial charge on any atom is -0.361 e. The monoisotopic (exact) mass is 228 g/mol. The fourth-order valence-electron chi connectivity index (χ4n) is 2.30. The van der Waals surface area contributed by atoms with Crippen LogP contribution in [0.2, 0.25) is 0 Å². The van der Waals surface area contributed by atoms with Gasteiger partial charge in [-0.15, -0.1) is 0 Å². The molecule has 0 spiro atoms. The standard InChI is InChI=1S/C13H12N2O2/c1-15-12(16)7-10(13(15)17)8-2-3-11-9(6-8)4-5-14-11/h2-6,10,14H,7H2,1H3. The molecule has 1 fully saturated rings. The molecular weight excluding hydrogens is 216 g/mol. The molecule has 0 bridgehead atoms. The predicted molar refractivity (Wildman–Crippen MR) is 63.4 cm³/mol. The Morgan fingerprint density at radius 2 is 2.12 bits per heavy atom. The molecule has 3 rings (SSSR count). The molecule has 1 saturated heterocycles. The van der Waals surface area contributed by atoms with E-state index in [1.165, 1.54) is 4.90 Å². The van der Waals surface area contributed by atoms with Gasteiger partial charge in [0.1, 0.15) is 0 Å². The van der Waals surface area contributed by atoms with Crippen molar-refractivity contribution >= 4 is 22.7 Å². The smallest absolute Gasteiger partial charge is 0.236 e. The number of nitrogens with one attached hydrogen (secondary N) is 1. The third-order valence-corrected chi connectivity index (χ3v) is 3.36. The zero-order valence-corrected chi connectivity index (χ0v) is 9.43. The van der Waals surface area contributed by atoms with E-state index in [1.54, 1.807) is 7.05 Å². The molecule has 1 aromatic carbocycles. The first-order valence-electron chi connectivity index (χ1n) is 5.54. The predicted octanol–water partition coefficient (Wildman–Crippen LogP) is 1.64. The number of hydrogen-bond donors (Lipinski definition) is 1. The first-order chi connectivity index (χ1) is 8.16. The molecular formula is C13H12N2O2. The van der Waals surface area contributed by atoms with Crippen LogP contribution in [0.4, 0.5) is 0 Å². The van der Waals surface area contributed by atoms with Crippen molar-refractivity contribution in [2.75, 3.05) is 7.05 Å². The summed E-state index contributed by atoms with van der Waals surface area (Å²) in [7, 11) is 1.54. The van der Waals surface area contributed by atoms with Crippen molar-refractivity contribution in [1.82, 2.24) is 9.88 Å². The summed E-state index contributed by atoms with van der Waals surface area (Å²) in [6.45, 7) is 0. The molecule has 4 heteroatoms. The molecule has 0 aliphatic carbocycles. The summed E-state index contributed by atoms with van der Waals surface area (Å²) in [6.07, 6.45) is 2.15. The van der Waals surface area contributed by atoms with E-state index in [4.69, 9.17) is 0 Å². The Kier molecular flexibility index (Phi) is 2.04. The lowest BCUT2D eigenvalue weighted by Gasteiger charge is -2.09. The maximum Gasteiger partial charge on any atom is 0.236 e. The van der Waals surface area contributed by atoms with E-state index in [-0.39, 0.29) is 24.2 Å². The van der Waals surface area contributed by atoms with Crippen LogP contribution in [-0.4, -0.2) is 28.7 Å². The number of carbonyl (C=O) groups excluding carboxylic acids is 2. The molecule has 2 heterocycles. The highest BCUT2D eigenvalue weighted by Gasteiger charge is 2.36. The second-order valence-corrected chi connectivity index (χ2v) is 4.37. The summed E-state index contributed by atoms with van der Waals surface area (Å²) >= 11 is 0. The van der Waals surface area contributed by atoms with Gasteiger partial charge in [-0.05, 0) is 29.1 Å². The number of carbonyl (C=O) groups is 2. The van der Waals surface area contributed by atoms with Crippen LogP contribution in [0.5, 0.6) is 0 Å². The Morgan fingerprint density at radius 3 is 2.82 bits per heavy atom. The lowest BCUT2D eigenvalue weighted by molar-refractivity contribution is -0.137. The van der Waals surface area contributed by atoms with Gasteiger partial charge in [0.05, 0.1) is 5.92 Å². The molecule has 1 aliphatic heterocycles. The summed E-state index contributed by atoms with van der Waals surface area (Å²) in [6, 6.07) is 7.79. The number of hydrogen-bond acceptors (Lipinski definition) is 2. The molecule has 1 atom stereocenters. The largest absolute Gasteiger partial charge is 0.361 e. The summed E-state index contributed by atoms with van der Waals surface area (Å²) in [5, 5.41) is 1.07. The van der Waals surface area contributed by atoms with Gasteiger partial charge >= 0.3 is 0 Å². The van der Waals surface area contributed by atoms with E-state index in [1.807, 2.05) is 30.5 Å². The average molecular weight is 228 g/mol. The number of H-pyrrole nitrogens is 1. The number of benzene rings is 1. The summed E-state index contributed by atoms with van der Waals surface area (Å²) in [5.41, 5.74) is 1.96. The molecule has 2 amide bonds. The number of aromatic amines is 1. The van der Waals surface area contributed by atoms with E-state index in [0.29, 0.717) is 0 Å². The minimum atomic E-state index is -0.313. The second kappa shape index (κ2) is 3.45. The summed E-state index contributed by atoms with van der Waals surface area (Å²) in [5.74, 6) is -0.522. The molecule has 86 valence electrons. The number of nitrogens with zero attached hydrogens (tertiary/aromatic N) is 1. The average Bonchev–Trinajstić information content (AvgIpc) is 2.89. The van der Waals surface area contributed by atoms with Crippen LogP contribution in [0.15, 0.2) is 30.5 Å². The zero-order valence-electron chi connectivity index (χ0n) is 9.43. The Morgan fingerprint density at radius 1 is 1.29 bits per heavy atom. The third kappa shape index (κ3) is 1.45. The van der Waals surface area contributed by atoms with Gasteiger partial charge < -0.3 is 4.98 Å². The van der Waals surface area contributed by atoms with Crippen LogP contribution in [-0.2, 0) is 9.59 Å². The van der Waals surface area contributed by atoms with Gasteiger partial charge in [0.15, 0.2) is 0 Å². The quantitative estimate of drug-likeness (QED) is 0.754. The van der Waals surface area contributed by atoms with Crippen LogP contribution < -0.4 is 0 Å². The maximum atomic E-state index is 11.9. The van der Waals surface area contributed by atoms with Crippen LogP contribution in [0.1, 0.15) is 17.9 Å². The van der Waals surface area contributed by atoms with Crippen LogP contribution in [0.25, 0.3) is 10.9 Å². The molecule has 1 aromatic heterocycles. The van der Waals surface area contributed by atoms with Gasteiger partial charge in [-0.2, -0.15) is 0 Å². The maximum absolute atomic E-state index is 11.9. The fraction of sp³-hybridized carbons (Fsp3) is 0.231. The first-order valence-corrected chi connectivity index (χ1v) is 5.54. The van der Waals surface area contributed by atoms with Crippen molar-refractivity contribution < 1.29 is 9.59 Å². The van der Waals surface area contributed by atoms with E-state index in [2.05, 4.69) is 4.98 Å². The molecule has 2 aromatic rings. The van der Waals surface area contributed by atoms with Crippen molar-refractivity contribution in [3.05, 3.63) is 36.0 Å². The van der Waals surface area contributed by atoms with Crippen molar-refractivity contribution in [2.45, 2.75) is 12.3 Å². The van der Waals surface area contributed by atoms with E-state index < -0.39 is 0 Å². The highest BCUT2D eigenvalue weighted by Crippen LogP contribution is 2.30. The number of aromatic nitrogens is 1. The minimum absolute atomic E-state index is 0.103. The SMILES string of the molecule is CN1C(=O)CC(c2ccc3[nH]ccc3c2)C1=O. The van der Waals surface area contributed by atoms with Gasteiger partial charge in [-0.25, -0.2) is 0 Å². The molecule has 0 saturated carbocycles. The Hall–Kier alpha value is -2.10. The van der Waals surface area contributed by atoms with Gasteiger partial charge in [0.25, 0.3) is 0 Å². The molecule has 4 nitrogen and oxygen atoms in total. The van der Waals surface area contributed by atoms with Crippen molar-refractivity contribution in [3.8, 4) is 0 Å². The Balaban J connectivity index is 2.04. The van der Waals surface area contributed by atoms with Gasteiger partial charge in [-0.3, -0.25) is 14.5 Å². The number of likely N-dealkylation sites (N-methyl/N-ethyl adjacent to an activating group) is 1. The highest BCUT2D eigenvalue weighted by molar-refractivity contribution is 6.06. The molecule has 1 N–H and O–H groups in total. The highest BCUT2D eigenvalue weighted by atomic mass is 16.2. The van der Waals surface area contributed by atoms with E-state index >= 15 is 0 Å². The number of amides is 2. The zero-order chi connectivity index (χ0) is 12.0. The summed E-state index contributed by atoms with van der Waals surface area (Å²) < 4.78 is 0. The van der Waals surface area contributed by atoms with Gasteiger partial charge in [-0.1, -0.05) is 6.07 Å². The first kappa shape index (κ1) is 10.1. The normalized spacial score (nSPS) is 20.5. The number of fused-ring (bicyclic) bond motifs is 1. The number of likely N-dealkylation sites (tertiary alicyclic amines) is 1. The van der Waals surface area contributed by atoms with Crippen LogP contribution in [0, 0.1) is 0 Å². The van der Waals surface area contributed by atoms with Crippen molar-refractivity contribution in [1.29, 1.82) is 0 Å². The fourth-order valence-corrected chi connectivity index (χ4v) is 2.30. The van der Waals surface area contributed by atoms with E-state index in [0.717, 1.165) is 16.5 Å². The third-order valence-electron chi connectivity index (χ3n) is 3.36. The summed E-state index contributed by atoms with van der Waals surface area (Å²) in [4.78, 5) is 27.7. The Labute approximate surface area is 98.2 Å². The number of imide groups is 1. The molecule has 1 unspecified atom stereocenters. The van der Waals surface area contributed by atoms with E-state index in [9.17, 15) is 9.59 Å². The molecule has 1 aliphatic rings. The van der Waals surface area contributed by atoms with Crippen molar-refractivity contribution in [2.24, 2.45) is 0 Å². The second-order valence-electron chi connectivity index (χ2n) is 4.37. The number of rotatable bonds is 1. The lowest BCUT2D eigenvalue weighted by atomic mass is 9.96.